The van der Waals surface area contributed by atoms with Crippen LogP contribution in [0.1, 0.15) is 35.7 Å². The van der Waals surface area contributed by atoms with Crippen LogP contribution in [0.3, 0.4) is 0 Å². The van der Waals surface area contributed by atoms with Gasteiger partial charge in [0.05, 0.1) is 0 Å². The van der Waals surface area contributed by atoms with Crippen molar-refractivity contribution >= 4 is 5.95 Å². The normalized spacial score (nSPS) is 14.8. The van der Waals surface area contributed by atoms with Crippen LogP contribution in [0.4, 0.5) is 5.95 Å². The van der Waals surface area contributed by atoms with E-state index in [4.69, 9.17) is 5.73 Å². The van der Waals surface area contributed by atoms with Crippen molar-refractivity contribution in [3.8, 4) is 11.5 Å². The van der Waals surface area contributed by atoms with E-state index in [0.29, 0.717) is 11.7 Å². The van der Waals surface area contributed by atoms with Gasteiger partial charge in [0.2, 0.25) is 5.95 Å². The molecule has 0 aromatic carbocycles. The van der Waals surface area contributed by atoms with Crippen molar-refractivity contribution in [3.05, 3.63) is 29.2 Å². The number of rotatable bonds is 2. The maximum atomic E-state index is 5.75. The largest absolute Gasteiger partial charge is 0.368 e. The molecule has 0 aliphatic heterocycles. The topological polar surface area (TPSA) is 77.6 Å². The Morgan fingerprint density at radius 3 is 2.61 bits per heavy atom. The quantitative estimate of drug-likeness (QED) is 0.870. The van der Waals surface area contributed by atoms with Crippen LogP contribution >= 0.6 is 0 Å². The molecule has 92 valence electrons. The molecule has 3 rings (SSSR count). The molecule has 2 aromatic heterocycles. The summed E-state index contributed by atoms with van der Waals surface area (Å²) in [6, 6.07) is 2.07. The van der Waals surface area contributed by atoms with Gasteiger partial charge in [-0.05, 0) is 37.8 Å². The first-order valence-electron chi connectivity index (χ1n) is 6.08. The van der Waals surface area contributed by atoms with Gasteiger partial charge in [0.1, 0.15) is 11.5 Å². The summed E-state index contributed by atoms with van der Waals surface area (Å²) in [4.78, 5) is 17.3. The van der Waals surface area contributed by atoms with E-state index in [9.17, 15) is 0 Å². The SMILES string of the molecule is Cc1cnc(-c2nc(N)nc(C3CC3)n2)c(C)c1. The molecule has 0 bridgehead atoms. The molecular weight excluding hydrogens is 226 g/mol. The van der Waals surface area contributed by atoms with Gasteiger partial charge in [-0.2, -0.15) is 9.97 Å². The highest BCUT2D eigenvalue weighted by Gasteiger charge is 2.28. The first kappa shape index (κ1) is 11.1. The van der Waals surface area contributed by atoms with Gasteiger partial charge in [-0.3, -0.25) is 4.98 Å². The highest BCUT2D eigenvalue weighted by Crippen LogP contribution is 2.38. The molecule has 2 heterocycles. The van der Waals surface area contributed by atoms with Crippen LogP contribution in [0.2, 0.25) is 0 Å². The second-order valence-electron chi connectivity index (χ2n) is 4.83. The Balaban J connectivity index is 2.10. The van der Waals surface area contributed by atoms with E-state index in [1.807, 2.05) is 20.0 Å². The molecule has 0 spiro atoms. The number of aryl methyl sites for hydroxylation is 2. The minimum Gasteiger partial charge on any atom is -0.368 e. The van der Waals surface area contributed by atoms with E-state index in [1.165, 1.54) is 0 Å². The molecular formula is C13H15N5. The maximum Gasteiger partial charge on any atom is 0.223 e. The summed E-state index contributed by atoms with van der Waals surface area (Å²) >= 11 is 0. The van der Waals surface area contributed by atoms with Crippen LogP contribution in [0.15, 0.2) is 12.3 Å². The highest BCUT2D eigenvalue weighted by atomic mass is 15.1. The maximum absolute atomic E-state index is 5.75. The molecule has 18 heavy (non-hydrogen) atoms. The fourth-order valence-electron chi connectivity index (χ4n) is 1.99. The molecule has 5 heteroatoms. The molecule has 0 atom stereocenters. The molecule has 2 N–H and O–H groups in total. The number of hydrogen-bond acceptors (Lipinski definition) is 5. The zero-order chi connectivity index (χ0) is 12.7. The van der Waals surface area contributed by atoms with Crippen LogP contribution in [-0.4, -0.2) is 19.9 Å². The number of nitrogen functional groups attached to an aromatic ring is 1. The van der Waals surface area contributed by atoms with E-state index in [1.54, 1.807) is 0 Å². The molecule has 1 aliphatic rings. The van der Waals surface area contributed by atoms with Crippen molar-refractivity contribution < 1.29 is 0 Å². The zero-order valence-corrected chi connectivity index (χ0v) is 10.5. The molecule has 0 radical (unpaired) electrons. The minimum absolute atomic E-state index is 0.281. The third-order valence-corrected chi connectivity index (χ3v) is 3.04. The van der Waals surface area contributed by atoms with Gasteiger partial charge in [0.25, 0.3) is 0 Å². The van der Waals surface area contributed by atoms with Crippen molar-refractivity contribution in [1.82, 2.24) is 19.9 Å². The summed E-state index contributed by atoms with van der Waals surface area (Å²) in [5.41, 5.74) is 8.72. The van der Waals surface area contributed by atoms with E-state index < -0.39 is 0 Å². The number of pyridine rings is 1. The summed E-state index contributed by atoms with van der Waals surface area (Å²) < 4.78 is 0. The molecule has 0 unspecified atom stereocenters. The Morgan fingerprint density at radius 2 is 1.94 bits per heavy atom. The predicted octanol–water partition coefficient (Wildman–Crippen LogP) is 2.01. The van der Waals surface area contributed by atoms with Crippen LogP contribution in [0, 0.1) is 13.8 Å². The molecule has 1 aliphatic carbocycles. The van der Waals surface area contributed by atoms with Crippen LogP contribution in [-0.2, 0) is 0 Å². The Bertz CT molecular complexity index is 604. The zero-order valence-electron chi connectivity index (χ0n) is 10.5. The van der Waals surface area contributed by atoms with Gasteiger partial charge in [0.15, 0.2) is 5.82 Å². The lowest BCUT2D eigenvalue weighted by Gasteiger charge is -2.06. The van der Waals surface area contributed by atoms with Gasteiger partial charge in [0, 0.05) is 12.1 Å². The monoisotopic (exact) mass is 241 g/mol. The second-order valence-corrected chi connectivity index (χ2v) is 4.83. The molecule has 1 fully saturated rings. The van der Waals surface area contributed by atoms with Crippen molar-refractivity contribution in [3.63, 3.8) is 0 Å². The minimum atomic E-state index is 0.281. The third-order valence-electron chi connectivity index (χ3n) is 3.04. The Labute approximate surface area is 106 Å². The molecule has 2 aromatic rings. The second kappa shape index (κ2) is 4.01. The first-order chi connectivity index (χ1) is 8.63. The van der Waals surface area contributed by atoms with Crippen molar-refractivity contribution in [1.29, 1.82) is 0 Å². The Morgan fingerprint density at radius 1 is 1.17 bits per heavy atom. The average Bonchev–Trinajstić information content (AvgIpc) is 3.11. The Kier molecular flexibility index (Phi) is 2.47. The van der Waals surface area contributed by atoms with Crippen molar-refractivity contribution in [2.75, 3.05) is 5.73 Å². The first-order valence-corrected chi connectivity index (χ1v) is 6.08. The summed E-state index contributed by atoms with van der Waals surface area (Å²) in [6.45, 7) is 4.02. The summed E-state index contributed by atoms with van der Waals surface area (Å²) in [5, 5.41) is 0. The predicted molar refractivity (Wildman–Crippen MR) is 68.9 cm³/mol. The van der Waals surface area contributed by atoms with E-state index >= 15 is 0 Å². The lowest BCUT2D eigenvalue weighted by atomic mass is 10.1. The highest BCUT2D eigenvalue weighted by molar-refractivity contribution is 5.55. The van der Waals surface area contributed by atoms with Gasteiger partial charge >= 0.3 is 0 Å². The van der Waals surface area contributed by atoms with Crippen LogP contribution in [0.25, 0.3) is 11.5 Å². The Hall–Kier alpha value is -2.04. The standard InChI is InChI=1S/C13H15N5/c1-7-5-8(2)10(15-6-7)12-16-11(9-3-4-9)17-13(14)18-12/h5-6,9H,3-4H2,1-2H3,(H2,14,16,17,18). The lowest BCUT2D eigenvalue weighted by molar-refractivity contribution is 0.897. The number of nitrogens with two attached hydrogens (primary N) is 1. The average molecular weight is 241 g/mol. The fraction of sp³-hybridized carbons (Fsp3) is 0.385. The summed E-state index contributed by atoms with van der Waals surface area (Å²) in [7, 11) is 0. The lowest BCUT2D eigenvalue weighted by Crippen LogP contribution is -2.05. The molecule has 0 amide bonds. The number of hydrogen-bond donors (Lipinski definition) is 1. The number of aromatic nitrogens is 4. The van der Waals surface area contributed by atoms with Gasteiger partial charge in [-0.25, -0.2) is 4.98 Å². The fourth-order valence-corrected chi connectivity index (χ4v) is 1.99. The van der Waals surface area contributed by atoms with E-state index in [0.717, 1.165) is 35.5 Å². The van der Waals surface area contributed by atoms with E-state index in [-0.39, 0.29) is 5.95 Å². The molecule has 5 nitrogen and oxygen atoms in total. The summed E-state index contributed by atoms with van der Waals surface area (Å²) in [6.07, 6.45) is 4.10. The number of nitrogens with zero attached hydrogens (tertiary/aromatic N) is 4. The van der Waals surface area contributed by atoms with Gasteiger partial charge in [-0.15, -0.1) is 0 Å². The molecule has 1 saturated carbocycles. The smallest absolute Gasteiger partial charge is 0.223 e. The number of anilines is 1. The third kappa shape index (κ3) is 2.03. The van der Waals surface area contributed by atoms with Gasteiger partial charge in [-0.1, -0.05) is 6.07 Å². The van der Waals surface area contributed by atoms with Crippen LogP contribution < -0.4 is 5.73 Å². The van der Waals surface area contributed by atoms with Crippen molar-refractivity contribution in [2.24, 2.45) is 0 Å². The molecule has 0 saturated heterocycles. The van der Waals surface area contributed by atoms with Gasteiger partial charge < -0.3 is 5.73 Å². The van der Waals surface area contributed by atoms with E-state index in [2.05, 4.69) is 26.0 Å². The van der Waals surface area contributed by atoms with Crippen molar-refractivity contribution in [2.45, 2.75) is 32.6 Å². The summed E-state index contributed by atoms with van der Waals surface area (Å²) in [5.74, 6) is 2.13. The van der Waals surface area contributed by atoms with Crippen LogP contribution in [0.5, 0.6) is 0 Å².